The van der Waals surface area contributed by atoms with Crippen LogP contribution >= 0.6 is 0 Å². The van der Waals surface area contributed by atoms with Crippen molar-refractivity contribution in [2.75, 3.05) is 6.54 Å². The average molecular weight is 344 g/mol. The number of aromatic hydroxyl groups is 1. The lowest BCUT2D eigenvalue weighted by molar-refractivity contribution is -0.135. The van der Waals surface area contributed by atoms with Crippen molar-refractivity contribution in [2.24, 2.45) is 7.05 Å². The molecule has 0 aliphatic heterocycles. The maximum Gasteiger partial charge on any atom is 0.322 e. The molecule has 0 bridgehead atoms. The van der Waals surface area contributed by atoms with E-state index in [0.29, 0.717) is 5.56 Å². The van der Waals surface area contributed by atoms with E-state index in [1.807, 2.05) is 12.2 Å². The van der Waals surface area contributed by atoms with Crippen molar-refractivity contribution < 1.29 is 19.8 Å². The second-order valence-electron chi connectivity index (χ2n) is 5.80. The summed E-state index contributed by atoms with van der Waals surface area (Å²) in [6, 6.07) is 0. The van der Waals surface area contributed by atoms with Gasteiger partial charge in [0.2, 0.25) is 0 Å². The highest BCUT2D eigenvalue weighted by atomic mass is 16.4. The molecule has 0 aromatic carbocycles. The number of fused-ring (bicyclic) bond motifs is 1. The van der Waals surface area contributed by atoms with Gasteiger partial charge in [0.25, 0.3) is 11.5 Å². The van der Waals surface area contributed by atoms with E-state index in [2.05, 4.69) is 15.5 Å². The Hall–Kier alpha value is -3.23. The molecule has 9 nitrogen and oxygen atoms in total. The Morgan fingerprint density at radius 3 is 2.68 bits per heavy atom. The number of nitrogens with one attached hydrogen (secondary N) is 1. The van der Waals surface area contributed by atoms with Crippen LogP contribution in [0.25, 0.3) is 11.0 Å². The number of aromatic nitrogens is 3. The third-order valence-electron chi connectivity index (χ3n) is 4.25. The number of carboxylic acid groups (broad SMARTS) is 1. The molecule has 130 valence electrons. The number of hydrogen-bond acceptors (Lipinski definition) is 6. The van der Waals surface area contributed by atoms with Gasteiger partial charge in [0.15, 0.2) is 5.65 Å². The predicted molar refractivity (Wildman–Crippen MR) is 87.5 cm³/mol. The van der Waals surface area contributed by atoms with Gasteiger partial charge in [-0.05, 0) is 24.3 Å². The lowest BCUT2D eigenvalue weighted by Crippen LogP contribution is -2.35. The molecule has 0 fully saturated rings. The summed E-state index contributed by atoms with van der Waals surface area (Å²) in [5.41, 5.74) is -0.419. The second-order valence-corrected chi connectivity index (χ2v) is 5.80. The number of carbonyl (C=O) groups is 2. The molecule has 0 saturated heterocycles. The van der Waals surface area contributed by atoms with Crippen LogP contribution in [0.15, 0.2) is 23.1 Å². The molecule has 1 amide bonds. The summed E-state index contributed by atoms with van der Waals surface area (Å²) in [6.45, 7) is -0.659. The highest BCUT2D eigenvalue weighted by Crippen LogP contribution is 2.37. The summed E-state index contributed by atoms with van der Waals surface area (Å²) in [4.78, 5) is 35.3. The average Bonchev–Trinajstić information content (AvgIpc) is 3.12. The molecule has 2 heterocycles. The first kappa shape index (κ1) is 16.6. The standard InChI is InChI=1S/C16H16N4O5/c1-20-14-11(9(6-18-19-14)8-4-2-3-5-8)13(23)12(16(20)25)15(24)17-7-10(21)22/h2-3,6,8,23H,4-5,7H2,1H3,(H,17,24)(H,21,22). The maximum absolute atomic E-state index is 12.4. The number of nitrogens with zero attached hydrogens (tertiary/aromatic N) is 3. The van der Waals surface area contributed by atoms with Crippen LogP contribution in [-0.2, 0) is 11.8 Å². The van der Waals surface area contributed by atoms with Gasteiger partial charge in [0.1, 0.15) is 17.9 Å². The van der Waals surface area contributed by atoms with Crippen LogP contribution in [0.1, 0.15) is 34.7 Å². The van der Waals surface area contributed by atoms with E-state index in [0.717, 1.165) is 17.4 Å². The quantitative estimate of drug-likeness (QED) is 0.678. The van der Waals surface area contributed by atoms with Gasteiger partial charge < -0.3 is 15.5 Å². The fourth-order valence-electron chi connectivity index (χ4n) is 2.99. The van der Waals surface area contributed by atoms with Crippen LogP contribution in [0.5, 0.6) is 5.75 Å². The Kier molecular flexibility index (Phi) is 4.22. The van der Waals surface area contributed by atoms with Crippen molar-refractivity contribution in [3.05, 3.63) is 39.8 Å². The Labute approximate surface area is 141 Å². The van der Waals surface area contributed by atoms with Gasteiger partial charge in [-0.3, -0.25) is 19.0 Å². The van der Waals surface area contributed by atoms with Crippen molar-refractivity contribution in [1.82, 2.24) is 20.1 Å². The summed E-state index contributed by atoms with van der Waals surface area (Å²) in [5, 5.41) is 29.5. The van der Waals surface area contributed by atoms with Crippen molar-refractivity contribution in [3.63, 3.8) is 0 Å². The van der Waals surface area contributed by atoms with E-state index in [9.17, 15) is 19.5 Å². The number of carboxylic acids is 1. The number of aliphatic carboxylic acids is 1. The van der Waals surface area contributed by atoms with Gasteiger partial charge in [-0.15, -0.1) is 5.10 Å². The van der Waals surface area contributed by atoms with E-state index < -0.39 is 35.3 Å². The van der Waals surface area contributed by atoms with Crippen molar-refractivity contribution in [3.8, 4) is 5.75 Å². The molecule has 0 atom stereocenters. The Balaban J connectivity index is 2.21. The highest BCUT2D eigenvalue weighted by Gasteiger charge is 2.26. The lowest BCUT2D eigenvalue weighted by Gasteiger charge is -2.16. The van der Waals surface area contributed by atoms with Gasteiger partial charge in [-0.2, -0.15) is 5.10 Å². The van der Waals surface area contributed by atoms with Crippen LogP contribution in [-0.4, -0.2) is 43.4 Å². The normalized spacial score (nSPS) is 14.1. The molecular formula is C16H16N4O5. The number of carbonyl (C=O) groups excluding carboxylic acids is 1. The van der Waals surface area contributed by atoms with Crippen molar-refractivity contribution >= 4 is 22.9 Å². The van der Waals surface area contributed by atoms with Crippen LogP contribution < -0.4 is 10.9 Å². The number of aryl methyl sites for hydroxylation is 1. The highest BCUT2D eigenvalue weighted by molar-refractivity contribution is 6.03. The van der Waals surface area contributed by atoms with Crippen molar-refractivity contribution in [1.29, 1.82) is 0 Å². The van der Waals surface area contributed by atoms with Crippen LogP contribution in [0.3, 0.4) is 0 Å². The van der Waals surface area contributed by atoms with E-state index in [1.54, 1.807) is 0 Å². The summed E-state index contributed by atoms with van der Waals surface area (Å²) >= 11 is 0. The molecular weight excluding hydrogens is 328 g/mol. The monoisotopic (exact) mass is 344 g/mol. The SMILES string of the molecule is Cn1c(=O)c(C(=O)NCC(=O)O)c(O)c2c(C3CC=CC3)cnnc21. The van der Waals surface area contributed by atoms with E-state index in [-0.39, 0.29) is 17.0 Å². The third kappa shape index (κ3) is 2.84. The number of rotatable bonds is 4. The van der Waals surface area contributed by atoms with Gasteiger partial charge in [-0.25, -0.2) is 0 Å². The van der Waals surface area contributed by atoms with Crippen LogP contribution in [0.2, 0.25) is 0 Å². The first-order chi connectivity index (χ1) is 11.9. The number of amides is 1. The molecule has 9 heteroatoms. The number of hydrogen-bond donors (Lipinski definition) is 3. The zero-order valence-corrected chi connectivity index (χ0v) is 13.4. The first-order valence-electron chi connectivity index (χ1n) is 7.64. The topological polar surface area (TPSA) is 134 Å². The van der Waals surface area contributed by atoms with Gasteiger partial charge >= 0.3 is 5.97 Å². The minimum atomic E-state index is -1.26. The Morgan fingerprint density at radius 1 is 1.36 bits per heavy atom. The van der Waals surface area contributed by atoms with E-state index >= 15 is 0 Å². The van der Waals surface area contributed by atoms with Gasteiger partial charge in [-0.1, -0.05) is 12.2 Å². The van der Waals surface area contributed by atoms with E-state index in [4.69, 9.17) is 5.11 Å². The molecule has 0 spiro atoms. The van der Waals surface area contributed by atoms with Crippen LogP contribution in [0.4, 0.5) is 0 Å². The molecule has 1 aliphatic carbocycles. The zero-order chi connectivity index (χ0) is 18.1. The smallest absolute Gasteiger partial charge is 0.322 e. The molecule has 0 radical (unpaired) electrons. The minimum absolute atomic E-state index is 0.0660. The molecule has 2 aromatic heterocycles. The maximum atomic E-state index is 12.4. The molecule has 25 heavy (non-hydrogen) atoms. The minimum Gasteiger partial charge on any atom is -0.506 e. The lowest BCUT2D eigenvalue weighted by atomic mass is 9.94. The summed E-state index contributed by atoms with van der Waals surface area (Å²) in [5.74, 6) is -2.64. The molecule has 3 rings (SSSR count). The largest absolute Gasteiger partial charge is 0.506 e. The second kappa shape index (κ2) is 6.34. The first-order valence-corrected chi connectivity index (χ1v) is 7.64. The molecule has 2 aromatic rings. The van der Waals surface area contributed by atoms with Gasteiger partial charge in [0.05, 0.1) is 11.6 Å². The fraction of sp³-hybridized carbons (Fsp3) is 0.312. The fourth-order valence-corrected chi connectivity index (χ4v) is 2.99. The molecule has 0 unspecified atom stereocenters. The molecule has 3 N–H and O–H groups in total. The van der Waals surface area contributed by atoms with E-state index in [1.165, 1.54) is 13.2 Å². The number of pyridine rings is 1. The summed E-state index contributed by atoms with van der Waals surface area (Å²) < 4.78 is 1.13. The van der Waals surface area contributed by atoms with Crippen molar-refractivity contribution in [2.45, 2.75) is 18.8 Å². The summed E-state index contributed by atoms with van der Waals surface area (Å²) in [6.07, 6.45) is 7.04. The Morgan fingerprint density at radius 2 is 2.04 bits per heavy atom. The summed E-state index contributed by atoms with van der Waals surface area (Å²) in [7, 11) is 1.42. The number of allylic oxidation sites excluding steroid dienone is 2. The Bertz CT molecular complexity index is 955. The van der Waals surface area contributed by atoms with Crippen LogP contribution in [0, 0.1) is 0 Å². The van der Waals surface area contributed by atoms with Gasteiger partial charge in [0, 0.05) is 7.05 Å². The zero-order valence-electron chi connectivity index (χ0n) is 13.4. The molecule has 0 saturated carbocycles. The predicted octanol–water partition coefficient (Wildman–Crippen LogP) is 0.282. The molecule has 1 aliphatic rings. The third-order valence-corrected chi connectivity index (χ3v) is 4.25.